The summed E-state index contributed by atoms with van der Waals surface area (Å²) >= 11 is 12.6. The summed E-state index contributed by atoms with van der Waals surface area (Å²) < 4.78 is 39.1. The fraction of sp³-hybridized carbons (Fsp3) is 0.690. The number of esters is 2. The second kappa shape index (κ2) is 19.9. The fourth-order valence-electron chi connectivity index (χ4n) is 9.78. The van der Waals surface area contributed by atoms with Gasteiger partial charge in [-0.3, -0.25) is 9.80 Å². The van der Waals surface area contributed by atoms with E-state index >= 15 is 0 Å². The molecule has 3 aromatic rings. The zero-order valence-electron chi connectivity index (χ0n) is 34.7. The Bertz CT molecular complexity index is 1870. The Morgan fingerprint density at radius 2 is 1.53 bits per heavy atom. The van der Waals surface area contributed by atoms with Crippen LogP contribution in [-0.4, -0.2) is 131 Å². The number of likely N-dealkylation sites (tertiary alicyclic amines) is 2. The number of alkyl halides is 2. The molecule has 16 heteroatoms. The molecule has 0 bridgehead atoms. The van der Waals surface area contributed by atoms with E-state index in [4.69, 9.17) is 38.3 Å². The molecule has 1 aromatic carbocycles. The van der Waals surface area contributed by atoms with Gasteiger partial charge >= 0.3 is 11.9 Å². The molecule has 2 aromatic heterocycles. The lowest BCUT2D eigenvalue weighted by molar-refractivity contribution is -0.148. The second-order valence-electron chi connectivity index (χ2n) is 16.6. The molecule has 4 fully saturated rings. The predicted octanol–water partition coefficient (Wildman–Crippen LogP) is 6.98. The van der Waals surface area contributed by atoms with E-state index in [1.165, 1.54) is 14.2 Å². The number of halogens is 4. The van der Waals surface area contributed by atoms with Gasteiger partial charge in [0.15, 0.2) is 18.0 Å². The van der Waals surface area contributed by atoms with Crippen molar-refractivity contribution < 1.29 is 27.8 Å². The summed E-state index contributed by atoms with van der Waals surface area (Å²) in [4.78, 5) is 39.8. The van der Waals surface area contributed by atoms with Crippen LogP contribution >= 0.6 is 23.2 Å². The maximum absolute atomic E-state index is 14.4. The number of carbonyl (C=O) groups is 2. The van der Waals surface area contributed by atoms with Crippen LogP contribution in [0.1, 0.15) is 89.4 Å². The number of ether oxygens (including phenoxy) is 2. The van der Waals surface area contributed by atoms with Crippen LogP contribution in [0.3, 0.4) is 0 Å². The van der Waals surface area contributed by atoms with E-state index in [-0.39, 0.29) is 31.0 Å². The summed E-state index contributed by atoms with van der Waals surface area (Å²) in [6, 6.07) is 6.44. The SMILES string of the molecule is COC(=O)C(F)C[C@@H]1CCCN1C1CCN(c2cnc3c(C)nn([C@H](C)c4ccc(Cl)cc4Cl)c3n2)CC1C.COC(=O)C(F)C[C@@H]1CCCN1C1CCNCC1C. The summed E-state index contributed by atoms with van der Waals surface area (Å²) in [5, 5.41) is 9.33. The number of aryl methyl sites for hydroxylation is 1. The Labute approximate surface area is 351 Å². The van der Waals surface area contributed by atoms with Crippen molar-refractivity contribution in [2.45, 2.75) is 122 Å². The maximum Gasteiger partial charge on any atom is 0.340 e. The number of fused-ring (bicyclic) bond motifs is 1. The summed E-state index contributed by atoms with van der Waals surface area (Å²) in [5.74, 6) is 0.235. The average molecular weight is 850 g/mol. The van der Waals surface area contributed by atoms with Gasteiger partial charge in [-0.1, -0.05) is 43.1 Å². The molecule has 0 aliphatic carbocycles. The third kappa shape index (κ3) is 10.1. The average Bonchev–Trinajstić information content (AvgIpc) is 3.96. The van der Waals surface area contributed by atoms with Crippen molar-refractivity contribution in [2.24, 2.45) is 11.8 Å². The van der Waals surface area contributed by atoms with Crippen LogP contribution in [0.15, 0.2) is 24.4 Å². The molecule has 12 nitrogen and oxygen atoms in total. The normalized spacial score (nSPS) is 27.2. The van der Waals surface area contributed by atoms with Gasteiger partial charge in [0.05, 0.1) is 32.2 Å². The van der Waals surface area contributed by atoms with Crippen molar-refractivity contribution in [3.05, 3.63) is 45.7 Å². The van der Waals surface area contributed by atoms with Gasteiger partial charge < -0.3 is 19.7 Å². The number of benzene rings is 1. The molecule has 9 atom stereocenters. The van der Waals surface area contributed by atoms with Gasteiger partial charge in [-0.05, 0) is 108 Å². The second-order valence-corrected chi connectivity index (χ2v) is 17.5. The highest BCUT2D eigenvalue weighted by Gasteiger charge is 2.40. The lowest BCUT2D eigenvalue weighted by Crippen LogP contribution is -2.52. The van der Waals surface area contributed by atoms with Crippen LogP contribution in [0, 0.1) is 18.8 Å². The van der Waals surface area contributed by atoms with Crippen LogP contribution in [0.25, 0.3) is 11.2 Å². The lowest BCUT2D eigenvalue weighted by atomic mass is 9.91. The van der Waals surface area contributed by atoms with Crippen LogP contribution in [0.2, 0.25) is 10.0 Å². The molecule has 1 N–H and O–H groups in total. The van der Waals surface area contributed by atoms with E-state index in [9.17, 15) is 18.4 Å². The number of rotatable bonds is 11. The number of nitrogens with zero attached hydrogens (tertiary/aromatic N) is 7. The van der Waals surface area contributed by atoms with E-state index in [0.717, 1.165) is 106 Å². The van der Waals surface area contributed by atoms with E-state index in [0.29, 0.717) is 34.0 Å². The fourth-order valence-corrected chi connectivity index (χ4v) is 10.4. The molecule has 320 valence electrons. The van der Waals surface area contributed by atoms with E-state index in [1.807, 2.05) is 36.9 Å². The van der Waals surface area contributed by atoms with E-state index in [2.05, 4.69) is 43.3 Å². The standard InChI is InChI=1S/C28H35Cl2FN6O2.C14H25FN2O2/c1-16-15-35(11-9-24(16)36-10-5-6-20(36)13-23(31)28(38)39-4)25-14-32-26-17(2)34-37(27(26)33-25)18(3)21-8-7-19(29)12-22(21)30;1-10-9-16-6-5-13(10)17-7-3-4-11(17)8-12(15)14(18)19-2/h7-8,12,14,16,18,20,23-24H,5-6,9-11,13,15H2,1-4H3;10-13,16H,3-9H2,1-2H3/t16?,18-,20+,23?,24?;10?,11-,12?,13?/m10/s1. The van der Waals surface area contributed by atoms with Gasteiger partial charge in [0, 0.05) is 60.1 Å². The van der Waals surface area contributed by atoms with E-state index < -0.39 is 24.3 Å². The molecule has 4 saturated heterocycles. The van der Waals surface area contributed by atoms with Crippen LogP contribution in [-0.2, 0) is 19.1 Å². The van der Waals surface area contributed by atoms with Gasteiger partial charge in [0.25, 0.3) is 0 Å². The lowest BCUT2D eigenvalue weighted by Gasteiger charge is -2.44. The minimum Gasteiger partial charge on any atom is -0.467 e. The Morgan fingerprint density at radius 1 is 0.914 bits per heavy atom. The number of aromatic nitrogens is 4. The van der Waals surface area contributed by atoms with Crippen LogP contribution in [0.4, 0.5) is 14.6 Å². The van der Waals surface area contributed by atoms with Crippen molar-refractivity contribution in [1.82, 2.24) is 34.9 Å². The Morgan fingerprint density at radius 3 is 2.10 bits per heavy atom. The largest absolute Gasteiger partial charge is 0.467 e. The number of nitrogens with one attached hydrogen (secondary N) is 1. The first kappa shape index (κ1) is 44.4. The highest BCUT2D eigenvalue weighted by molar-refractivity contribution is 6.35. The molecule has 4 aliphatic heterocycles. The molecule has 6 heterocycles. The molecule has 7 rings (SSSR count). The van der Waals surface area contributed by atoms with Crippen molar-refractivity contribution >= 4 is 52.1 Å². The summed E-state index contributed by atoms with van der Waals surface area (Å²) in [5.41, 5.74) is 3.21. The monoisotopic (exact) mass is 848 g/mol. The zero-order chi connectivity index (χ0) is 41.7. The summed E-state index contributed by atoms with van der Waals surface area (Å²) in [7, 11) is 2.48. The molecule has 0 amide bonds. The Balaban J connectivity index is 0.000000250. The molecular formula is C42H60Cl2F2N8O4. The first-order chi connectivity index (χ1) is 27.8. The minimum atomic E-state index is -1.57. The number of piperidine rings is 2. The highest BCUT2D eigenvalue weighted by atomic mass is 35.5. The molecule has 58 heavy (non-hydrogen) atoms. The maximum atomic E-state index is 14.4. The Hall–Kier alpha value is -3.17. The third-order valence-electron chi connectivity index (χ3n) is 12.8. The smallest absolute Gasteiger partial charge is 0.340 e. The first-order valence-corrected chi connectivity index (χ1v) is 21.6. The Kier molecular flexibility index (Phi) is 15.2. The molecule has 4 aliphatic rings. The van der Waals surface area contributed by atoms with Gasteiger partial charge in [-0.2, -0.15) is 5.10 Å². The van der Waals surface area contributed by atoms with Crippen molar-refractivity contribution in [3.8, 4) is 0 Å². The van der Waals surface area contributed by atoms with Gasteiger partial charge in [-0.15, -0.1) is 0 Å². The van der Waals surface area contributed by atoms with Gasteiger partial charge in [-0.25, -0.2) is 33.0 Å². The van der Waals surface area contributed by atoms with Gasteiger partial charge in [0.1, 0.15) is 11.3 Å². The van der Waals surface area contributed by atoms with Crippen molar-refractivity contribution in [3.63, 3.8) is 0 Å². The molecule has 6 unspecified atom stereocenters. The molecule has 0 saturated carbocycles. The number of hydrogen-bond acceptors (Lipinski definition) is 11. The predicted molar refractivity (Wildman–Crippen MR) is 223 cm³/mol. The number of anilines is 1. The molecular weight excluding hydrogens is 789 g/mol. The first-order valence-electron chi connectivity index (χ1n) is 20.9. The highest BCUT2D eigenvalue weighted by Crippen LogP contribution is 2.35. The number of carbonyl (C=O) groups excluding carboxylic acids is 2. The minimum absolute atomic E-state index is 0.0627. The van der Waals surface area contributed by atoms with Crippen molar-refractivity contribution in [1.29, 1.82) is 0 Å². The van der Waals surface area contributed by atoms with Gasteiger partial charge in [0.2, 0.25) is 0 Å². The van der Waals surface area contributed by atoms with Crippen LogP contribution < -0.4 is 10.2 Å². The zero-order valence-corrected chi connectivity index (χ0v) is 36.2. The molecule has 0 spiro atoms. The molecule has 0 radical (unpaired) electrons. The number of methoxy groups -OCH3 is 2. The van der Waals surface area contributed by atoms with E-state index in [1.54, 1.807) is 6.07 Å². The quantitative estimate of drug-likeness (QED) is 0.202. The number of hydrogen-bond donors (Lipinski definition) is 1. The summed E-state index contributed by atoms with van der Waals surface area (Å²) in [6.45, 7) is 14.1. The topological polar surface area (TPSA) is 118 Å². The summed E-state index contributed by atoms with van der Waals surface area (Å²) in [6.07, 6.45) is 5.33. The third-order valence-corrected chi connectivity index (χ3v) is 13.4. The van der Waals surface area contributed by atoms with Crippen molar-refractivity contribution in [2.75, 3.05) is 58.4 Å². The van der Waals surface area contributed by atoms with Crippen LogP contribution in [0.5, 0.6) is 0 Å².